The van der Waals surface area contributed by atoms with Crippen molar-refractivity contribution in [2.45, 2.75) is 38.8 Å². The molecule has 1 fully saturated rings. The van der Waals surface area contributed by atoms with E-state index in [4.69, 9.17) is 4.42 Å². The Morgan fingerprint density at radius 1 is 1.39 bits per heavy atom. The van der Waals surface area contributed by atoms with Gasteiger partial charge in [-0.3, -0.25) is 9.59 Å². The summed E-state index contributed by atoms with van der Waals surface area (Å²) in [6.45, 7) is 3.62. The van der Waals surface area contributed by atoms with Crippen LogP contribution in [-0.2, 0) is 6.42 Å². The molecular weight excluding hydrogens is 367 g/mol. The van der Waals surface area contributed by atoms with Gasteiger partial charge in [0.2, 0.25) is 17.3 Å². The monoisotopic (exact) mass is 386 g/mol. The Hall–Kier alpha value is -3.07. The molecule has 0 radical (unpaired) electrons. The van der Waals surface area contributed by atoms with Crippen molar-refractivity contribution in [3.05, 3.63) is 57.3 Å². The van der Waals surface area contributed by atoms with Crippen LogP contribution in [0.3, 0.4) is 0 Å². The number of halogens is 1. The van der Waals surface area contributed by atoms with E-state index in [1.165, 1.54) is 11.0 Å². The van der Waals surface area contributed by atoms with Crippen LogP contribution in [0.5, 0.6) is 0 Å². The van der Waals surface area contributed by atoms with E-state index in [0.29, 0.717) is 23.3 Å². The number of aromatic nitrogens is 3. The van der Waals surface area contributed by atoms with E-state index in [-0.39, 0.29) is 29.9 Å². The van der Waals surface area contributed by atoms with E-state index in [1.54, 1.807) is 13.0 Å². The van der Waals surface area contributed by atoms with Gasteiger partial charge in [-0.1, -0.05) is 6.92 Å². The first kappa shape index (κ1) is 18.3. The van der Waals surface area contributed by atoms with Gasteiger partial charge in [0, 0.05) is 30.8 Å². The lowest BCUT2D eigenvalue weighted by Gasteiger charge is -2.22. The highest BCUT2D eigenvalue weighted by atomic mass is 19.1. The maximum atomic E-state index is 14.3. The average Bonchev–Trinajstić information content (AvgIpc) is 3.27. The molecule has 0 unspecified atom stereocenters. The van der Waals surface area contributed by atoms with Crippen LogP contribution in [0.1, 0.15) is 47.1 Å². The van der Waals surface area contributed by atoms with Crippen molar-refractivity contribution in [1.29, 1.82) is 0 Å². The number of aliphatic hydroxyl groups is 1. The standard InChI is InChI=1S/C19H19FN4O4/c1-3-16-22-23-18(28-16)14-6-10(25)8-24(14)19(27)12-7-15(26)21-17-11(12)4-9(2)5-13(17)20/h4-5,7,10,14,25H,3,6,8H2,1-2H3,(H,21,26)/t10-,14-/m1/s1. The van der Waals surface area contributed by atoms with Gasteiger partial charge >= 0.3 is 0 Å². The number of likely N-dealkylation sites (tertiary alicyclic amines) is 1. The minimum atomic E-state index is -0.766. The molecule has 2 aromatic heterocycles. The molecular formula is C19H19FN4O4. The third-order valence-corrected chi connectivity index (χ3v) is 4.89. The number of aryl methyl sites for hydroxylation is 2. The fourth-order valence-electron chi connectivity index (χ4n) is 3.60. The molecule has 1 aliphatic heterocycles. The molecule has 1 aliphatic rings. The summed E-state index contributed by atoms with van der Waals surface area (Å²) in [7, 11) is 0. The first-order valence-electron chi connectivity index (χ1n) is 9.02. The van der Waals surface area contributed by atoms with Gasteiger partial charge in [0.1, 0.15) is 11.9 Å². The number of hydrogen-bond acceptors (Lipinski definition) is 6. The fraction of sp³-hybridized carbons (Fsp3) is 0.368. The molecule has 0 bridgehead atoms. The first-order chi connectivity index (χ1) is 13.4. The van der Waals surface area contributed by atoms with E-state index in [9.17, 15) is 19.1 Å². The summed E-state index contributed by atoms with van der Waals surface area (Å²) in [5.41, 5.74) is 0.0778. The minimum Gasteiger partial charge on any atom is -0.423 e. The molecule has 9 heteroatoms. The molecule has 0 aliphatic carbocycles. The Kier molecular flexibility index (Phi) is 4.46. The summed E-state index contributed by atoms with van der Waals surface area (Å²) in [6.07, 6.45) is 0.0247. The van der Waals surface area contributed by atoms with Gasteiger partial charge in [0.25, 0.3) is 5.91 Å². The van der Waals surface area contributed by atoms with Gasteiger partial charge in [-0.05, 0) is 24.6 Å². The molecule has 0 spiro atoms. The summed E-state index contributed by atoms with van der Waals surface area (Å²) in [4.78, 5) is 29.2. The molecule has 1 amide bonds. The minimum absolute atomic E-state index is 0.0243. The largest absolute Gasteiger partial charge is 0.423 e. The lowest BCUT2D eigenvalue weighted by molar-refractivity contribution is 0.0699. The summed E-state index contributed by atoms with van der Waals surface area (Å²) < 4.78 is 19.9. The molecule has 3 heterocycles. The molecule has 1 aromatic carbocycles. The van der Waals surface area contributed by atoms with Crippen molar-refractivity contribution in [2.75, 3.05) is 6.54 Å². The van der Waals surface area contributed by atoms with Gasteiger partial charge in [-0.25, -0.2) is 4.39 Å². The Bertz CT molecular complexity index is 1120. The molecule has 2 atom stereocenters. The van der Waals surface area contributed by atoms with Crippen LogP contribution in [0.2, 0.25) is 0 Å². The fourth-order valence-corrected chi connectivity index (χ4v) is 3.60. The van der Waals surface area contributed by atoms with E-state index in [2.05, 4.69) is 15.2 Å². The number of hydrogen-bond donors (Lipinski definition) is 2. The number of aliphatic hydroxyl groups excluding tert-OH is 1. The van der Waals surface area contributed by atoms with Gasteiger partial charge < -0.3 is 19.4 Å². The summed E-state index contributed by atoms with van der Waals surface area (Å²) in [5, 5.41) is 18.3. The lowest BCUT2D eigenvalue weighted by atomic mass is 10.0. The number of carbonyl (C=O) groups excluding carboxylic acids is 1. The molecule has 146 valence electrons. The quantitative estimate of drug-likeness (QED) is 0.711. The highest BCUT2D eigenvalue weighted by Gasteiger charge is 2.39. The average molecular weight is 386 g/mol. The predicted molar refractivity (Wildman–Crippen MR) is 97.3 cm³/mol. The predicted octanol–water partition coefficient (Wildman–Crippen LogP) is 1.87. The molecule has 8 nitrogen and oxygen atoms in total. The van der Waals surface area contributed by atoms with Crippen molar-refractivity contribution < 1.29 is 18.7 Å². The second kappa shape index (κ2) is 6.83. The number of pyridine rings is 1. The normalized spacial score (nSPS) is 19.5. The number of fused-ring (bicyclic) bond motifs is 1. The number of benzene rings is 1. The second-order valence-corrected chi connectivity index (χ2v) is 6.97. The number of nitrogens with zero attached hydrogens (tertiary/aromatic N) is 3. The topological polar surface area (TPSA) is 112 Å². The zero-order valence-electron chi connectivity index (χ0n) is 15.4. The molecule has 3 aromatic rings. The van der Waals surface area contributed by atoms with Crippen LogP contribution >= 0.6 is 0 Å². The van der Waals surface area contributed by atoms with E-state index in [0.717, 1.165) is 6.07 Å². The second-order valence-electron chi connectivity index (χ2n) is 6.97. The third-order valence-electron chi connectivity index (χ3n) is 4.89. The Balaban J connectivity index is 1.81. The highest BCUT2D eigenvalue weighted by Crippen LogP contribution is 2.34. The van der Waals surface area contributed by atoms with Crippen molar-refractivity contribution >= 4 is 16.8 Å². The third kappa shape index (κ3) is 3.07. The van der Waals surface area contributed by atoms with E-state index in [1.807, 2.05) is 6.92 Å². The Morgan fingerprint density at radius 3 is 2.89 bits per heavy atom. The van der Waals surface area contributed by atoms with Crippen molar-refractivity contribution in [1.82, 2.24) is 20.1 Å². The van der Waals surface area contributed by atoms with Gasteiger partial charge in [0.05, 0.1) is 17.2 Å². The van der Waals surface area contributed by atoms with Crippen LogP contribution in [0.4, 0.5) is 4.39 Å². The molecule has 1 saturated heterocycles. The van der Waals surface area contributed by atoms with Crippen LogP contribution in [0.15, 0.2) is 27.4 Å². The number of β-amino-alcohol motifs (C(OH)–C–C–N with tert-alkyl or cyclic N) is 1. The van der Waals surface area contributed by atoms with Crippen molar-refractivity contribution in [2.24, 2.45) is 0 Å². The SMILES string of the molecule is CCc1nnc([C@H]2C[C@@H](O)CN2C(=O)c2cc(=O)[nH]c3c(F)cc(C)cc23)o1. The number of H-pyrrole nitrogens is 1. The Labute approximate surface area is 159 Å². The molecule has 2 N–H and O–H groups in total. The van der Waals surface area contributed by atoms with Crippen molar-refractivity contribution in [3.8, 4) is 0 Å². The summed E-state index contributed by atoms with van der Waals surface area (Å²) >= 11 is 0. The van der Waals surface area contributed by atoms with Crippen molar-refractivity contribution in [3.63, 3.8) is 0 Å². The smallest absolute Gasteiger partial charge is 0.255 e. The molecule has 0 saturated carbocycles. The zero-order chi connectivity index (χ0) is 20.0. The maximum absolute atomic E-state index is 14.3. The van der Waals surface area contributed by atoms with Crippen LogP contribution in [0, 0.1) is 12.7 Å². The maximum Gasteiger partial charge on any atom is 0.255 e. The number of rotatable bonds is 3. The highest BCUT2D eigenvalue weighted by molar-refractivity contribution is 6.06. The molecule has 28 heavy (non-hydrogen) atoms. The van der Waals surface area contributed by atoms with Gasteiger partial charge in [-0.15, -0.1) is 10.2 Å². The number of nitrogens with one attached hydrogen (secondary N) is 1. The lowest BCUT2D eigenvalue weighted by Crippen LogP contribution is -2.33. The number of aromatic amines is 1. The molecule has 4 rings (SSSR count). The number of carbonyl (C=O) groups is 1. The first-order valence-corrected chi connectivity index (χ1v) is 9.02. The van der Waals surface area contributed by atoms with E-state index >= 15 is 0 Å². The van der Waals surface area contributed by atoms with Gasteiger partial charge in [-0.2, -0.15) is 0 Å². The van der Waals surface area contributed by atoms with Crippen LogP contribution < -0.4 is 5.56 Å². The number of amides is 1. The van der Waals surface area contributed by atoms with E-state index < -0.39 is 29.4 Å². The Morgan fingerprint density at radius 2 is 2.18 bits per heavy atom. The van der Waals surface area contributed by atoms with Crippen LogP contribution in [0.25, 0.3) is 10.9 Å². The summed E-state index contributed by atoms with van der Waals surface area (Å²) in [5.74, 6) is -0.440. The summed E-state index contributed by atoms with van der Waals surface area (Å²) in [6, 6.07) is 3.47. The van der Waals surface area contributed by atoms with Crippen LogP contribution in [-0.4, -0.2) is 43.7 Å². The van der Waals surface area contributed by atoms with Gasteiger partial charge in [0.15, 0.2) is 0 Å². The zero-order valence-corrected chi connectivity index (χ0v) is 15.4.